The van der Waals surface area contributed by atoms with E-state index in [1.54, 1.807) is 12.5 Å². The van der Waals surface area contributed by atoms with Crippen LogP contribution >= 0.6 is 0 Å². The maximum Gasteiger partial charge on any atom is 0.114 e. The number of imidazole rings is 1. The Bertz CT molecular complexity index is 467. The molecule has 0 radical (unpaired) electrons. The maximum absolute atomic E-state index is 10.6. The lowest BCUT2D eigenvalue weighted by Crippen LogP contribution is -2.35. The summed E-state index contributed by atoms with van der Waals surface area (Å²) in [7, 11) is 0. The van der Waals surface area contributed by atoms with E-state index in [-0.39, 0.29) is 0 Å². The maximum atomic E-state index is 10.6. The van der Waals surface area contributed by atoms with Crippen LogP contribution in [0.1, 0.15) is 43.5 Å². The molecule has 0 spiro atoms. The fraction of sp³-hybridized carbons (Fsp3) is 0.692. The van der Waals surface area contributed by atoms with Crippen molar-refractivity contribution in [2.24, 2.45) is 5.41 Å². The SMILES string of the molecule is N#CC1(C(O)c2cncn2C2CC2)CCOCC1. The highest BCUT2D eigenvalue weighted by atomic mass is 16.5. The van der Waals surface area contributed by atoms with Gasteiger partial charge in [0.1, 0.15) is 6.10 Å². The number of ether oxygens (including phenoxy) is 1. The molecule has 1 aliphatic carbocycles. The van der Waals surface area contributed by atoms with E-state index in [1.807, 2.05) is 4.57 Å². The van der Waals surface area contributed by atoms with Gasteiger partial charge in [0.25, 0.3) is 0 Å². The average Bonchev–Trinajstić information content (AvgIpc) is 3.16. The van der Waals surface area contributed by atoms with Crippen molar-refractivity contribution in [2.75, 3.05) is 13.2 Å². The third-order valence-electron chi connectivity index (χ3n) is 4.05. The van der Waals surface area contributed by atoms with E-state index in [2.05, 4.69) is 11.1 Å². The van der Waals surface area contributed by atoms with Gasteiger partial charge in [-0.15, -0.1) is 0 Å². The molecule has 1 aliphatic heterocycles. The highest BCUT2D eigenvalue weighted by molar-refractivity contribution is 5.17. The fourth-order valence-corrected chi connectivity index (χ4v) is 2.65. The van der Waals surface area contributed by atoms with Crippen LogP contribution in [0.4, 0.5) is 0 Å². The summed E-state index contributed by atoms with van der Waals surface area (Å²) in [6.45, 7) is 1.09. The Hall–Kier alpha value is -1.38. The van der Waals surface area contributed by atoms with Crippen LogP contribution in [0.3, 0.4) is 0 Å². The minimum atomic E-state index is -0.769. The predicted octanol–water partition coefficient (Wildman–Crippen LogP) is 1.57. The second-order valence-corrected chi connectivity index (χ2v) is 5.24. The molecule has 1 unspecified atom stereocenters. The van der Waals surface area contributed by atoms with E-state index in [9.17, 15) is 10.4 Å². The standard InChI is InChI=1S/C13H17N3O2/c14-8-13(3-5-18-6-4-13)12(17)11-7-15-9-16(11)10-1-2-10/h7,9-10,12,17H,1-6H2. The number of nitriles is 1. The smallest absolute Gasteiger partial charge is 0.114 e. The lowest BCUT2D eigenvalue weighted by Gasteiger charge is -2.35. The molecule has 1 aromatic rings. The molecule has 3 rings (SSSR count). The van der Waals surface area contributed by atoms with Crippen molar-refractivity contribution in [3.8, 4) is 6.07 Å². The van der Waals surface area contributed by atoms with Crippen LogP contribution in [0.25, 0.3) is 0 Å². The van der Waals surface area contributed by atoms with E-state index in [0.29, 0.717) is 32.1 Å². The van der Waals surface area contributed by atoms with Gasteiger partial charge in [-0.3, -0.25) is 0 Å². The molecule has 1 atom stereocenters. The molecule has 0 amide bonds. The third-order valence-corrected chi connectivity index (χ3v) is 4.05. The van der Waals surface area contributed by atoms with E-state index in [4.69, 9.17) is 4.74 Å². The van der Waals surface area contributed by atoms with Crippen molar-refractivity contribution in [3.63, 3.8) is 0 Å². The molecule has 2 heterocycles. The van der Waals surface area contributed by atoms with Crippen LogP contribution in [-0.4, -0.2) is 27.9 Å². The summed E-state index contributed by atoms with van der Waals surface area (Å²) in [4.78, 5) is 4.13. The van der Waals surface area contributed by atoms with Gasteiger partial charge in [0.2, 0.25) is 0 Å². The first-order valence-corrected chi connectivity index (χ1v) is 6.46. The van der Waals surface area contributed by atoms with Crippen LogP contribution in [0.15, 0.2) is 12.5 Å². The molecular formula is C13H17N3O2. The molecule has 0 bridgehead atoms. The minimum absolute atomic E-state index is 0.465. The van der Waals surface area contributed by atoms with Gasteiger partial charge in [0, 0.05) is 19.3 Å². The van der Waals surface area contributed by atoms with Gasteiger partial charge in [0.15, 0.2) is 0 Å². The molecule has 2 aliphatic rings. The van der Waals surface area contributed by atoms with E-state index in [0.717, 1.165) is 18.5 Å². The lowest BCUT2D eigenvalue weighted by molar-refractivity contribution is -0.0340. The van der Waals surface area contributed by atoms with Crippen LogP contribution in [-0.2, 0) is 4.74 Å². The zero-order valence-corrected chi connectivity index (χ0v) is 10.2. The number of rotatable bonds is 3. The Morgan fingerprint density at radius 2 is 2.22 bits per heavy atom. The summed E-state index contributed by atoms with van der Waals surface area (Å²) >= 11 is 0. The van der Waals surface area contributed by atoms with Crippen molar-refractivity contribution in [1.82, 2.24) is 9.55 Å². The van der Waals surface area contributed by atoms with Crippen molar-refractivity contribution < 1.29 is 9.84 Å². The molecule has 1 N–H and O–H groups in total. The first kappa shape index (κ1) is 11.7. The molecule has 96 valence electrons. The molecule has 0 aromatic carbocycles. The molecule has 5 heteroatoms. The number of aromatic nitrogens is 2. The predicted molar refractivity (Wildman–Crippen MR) is 63.6 cm³/mol. The van der Waals surface area contributed by atoms with Crippen molar-refractivity contribution in [1.29, 1.82) is 5.26 Å². The second-order valence-electron chi connectivity index (χ2n) is 5.24. The molecular weight excluding hydrogens is 230 g/mol. The molecule has 18 heavy (non-hydrogen) atoms. The van der Waals surface area contributed by atoms with Gasteiger partial charge < -0.3 is 14.4 Å². The largest absolute Gasteiger partial charge is 0.385 e. The zero-order chi connectivity index (χ0) is 12.6. The summed E-state index contributed by atoms with van der Waals surface area (Å²) in [5.74, 6) is 0. The average molecular weight is 247 g/mol. The molecule has 2 fully saturated rings. The summed E-state index contributed by atoms with van der Waals surface area (Å²) in [6.07, 6.45) is 6.13. The van der Waals surface area contributed by atoms with Crippen LogP contribution < -0.4 is 0 Å². The van der Waals surface area contributed by atoms with Gasteiger partial charge in [-0.25, -0.2) is 4.98 Å². The number of aliphatic hydroxyl groups is 1. The minimum Gasteiger partial charge on any atom is -0.385 e. The van der Waals surface area contributed by atoms with E-state index >= 15 is 0 Å². The van der Waals surface area contributed by atoms with Gasteiger partial charge in [0.05, 0.1) is 29.7 Å². The van der Waals surface area contributed by atoms with E-state index in [1.165, 1.54) is 0 Å². The van der Waals surface area contributed by atoms with Gasteiger partial charge in [-0.05, 0) is 25.7 Å². The summed E-state index contributed by atoms with van der Waals surface area (Å²) in [5.41, 5.74) is 0.0613. The Morgan fingerprint density at radius 3 is 2.83 bits per heavy atom. The first-order chi connectivity index (χ1) is 8.77. The first-order valence-electron chi connectivity index (χ1n) is 6.46. The summed E-state index contributed by atoms with van der Waals surface area (Å²) in [6, 6.07) is 2.79. The van der Waals surface area contributed by atoms with Crippen molar-refractivity contribution in [3.05, 3.63) is 18.2 Å². The Kier molecular flexibility index (Phi) is 2.84. The molecule has 1 saturated heterocycles. The second kappa shape index (κ2) is 4.38. The third kappa shape index (κ3) is 1.82. The van der Waals surface area contributed by atoms with Gasteiger partial charge in [-0.2, -0.15) is 5.26 Å². The van der Waals surface area contributed by atoms with Crippen LogP contribution in [0.2, 0.25) is 0 Å². The molecule has 1 aromatic heterocycles. The highest BCUT2D eigenvalue weighted by Gasteiger charge is 2.43. The Labute approximate surface area is 106 Å². The fourth-order valence-electron chi connectivity index (χ4n) is 2.65. The molecule has 5 nitrogen and oxygen atoms in total. The lowest BCUT2D eigenvalue weighted by atomic mass is 9.75. The Morgan fingerprint density at radius 1 is 1.50 bits per heavy atom. The molecule has 1 saturated carbocycles. The normalized spacial score (nSPS) is 24.4. The van der Waals surface area contributed by atoms with Gasteiger partial charge in [-0.1, -0.05) is 0 Å². The van der Waals surface area contributed by atoms with Crippen molar-refractivity contribution >= 4 is 0 Å². The monoisotopic (exact) mass is 247 g/mol. The van der Waals surface area contributed by atoms with Crippen LogP contribution in [0, 0.1) is 16.7 Å². The number of nitrogens with zero attached hydrogens (tertiary/aromatic N) is 3. The quantitative estimate of drug-likeness (QED) is 0.880. The number of hydrogen-bond donors (Lipinski definition) is 1. The van der Waals surface area contributed by atoms with Gasteiger partial charge >= 0.3 is 0 Å². The highest BCUT2D eigenvalue weighted by Crippen LogP contribution is 2.44. The number of hydrogen-bond acceptors (Lipinski definition) is 4. The van der Waals surface area contributed by atoms with E-state index < -0.39 is 11.5 Å². The number of aliphatic hydroxyl groups excluding tert-OH is 1. The topological polar surface area (TPSA) is 71.1 Å². The summed E-state index contributed by atoms with van der Waals surface area (Å²) in [5, 5.41) is 20.1. The van der Waals surface area contributed by atoms with Crippen LogP contribution in [0.5, 0.6) is 0 Å². The zero-order valence-electron chi connectivity index (χ0n) is 10.2. The summed E-state index contributed by atoms with van der Waals surface area (Å²) < 4.78 is 7.33. The van der Waals surface area contributed by atoms with Crippen molar-refractivity contribution in [2.45, 2.75) is 37.8 Å². The Balaban J connectivity index is 1.90.